The van der Waals surface area contributed by atoms with Crippen molar-refractivity contribution in [3.05, 3.63) is 70.8 Å². The summed E-state index contributed by atoms with van der Waals surface area (Å²) in [4.78, 5) is 38.3. The number of carbonyl (C=O) groups excluding carboxylic acids is 2. The Morgan fingerprint density at radius 3 is 2.52 bits per heavy atom. The van der Waals surface area contributed by atoms with Gasteiger partial charge in [0, 0.05) is 36.7 Å². The van der Waals surface area contributed by atoms with E-state index in [1.54, 1.807) is 18.3 Å². The third-order valence-electron chi connectivity index (χ3n) is 7.76. The zero-order chi connectivity index (χ0) is 29.5. The summed E-state index contributed by atoms with van der Waals surface area (Å²) in [7, 11) is 1.29. The van der Waals surface area contributed by atoms with E-state index in [2.05, 4.69) is 31.7 Å². The predicted octanol–water partition coefficient (Wildman–Crippen LogP) is 5.58. The van der Waals surface area contributed by atoms with Crippen LogP contribution in [-0.4, -0.2) is 46.6 Å². The van der Waals surface area contributed by atoms with Crippen molar-refractivity contribution >= 4 is 35.0 Å². The maximum Gasteiger partial charge on any atom is 0.356 e. The van der Waals surface area contributed by atoms with E-state index in [1.165, 1.54) is 13.2 Å². The van der Waals surface area contributed by atoms with E-state index in [1.807, 2.05) is 24.3 Å². The lowest BCUT2D eigenvalue weighted by Gasteiger charge is -2.28. The molecule has 2 heterocycles. The van der Waals surface area contributed by atoms with Crippen molar-refractivity contribution in [2.45, 2.75) is 57.5 Å². The highest BCUT2D eigenvalue weighted by atomic mass is 35.5. The van der Waals surface area contributed by atoms with Crippen LogP contribution in [-0.2, 0) is 16.0 Å². The fraction of sp³-hybridized carbons (Fsp3) is 0.419. The first kappa shape index (κ1) is 29.3. The molecule has 42 heavy (non-hydrogen) atoms. The molecule has 10 nitrogen and oxygen atoms in total. The molecule has 2 saturated carbocycles. The molecule has 0 unspecified atom stereocenters. The van der Waals surface area contributed by atoms with Gasteiger partial charge in [0.1, 0.15) is 11.9 Å². The summed E-state index contributed by atoms with van der Waals surface area (Å²) in [5, 5.41) is 16.2. The van der Waals surface area contributed by atoms with Gasteiger partial charge >= 0.3 is 5.97 Å². The van der Waals surface area contributed by atoms with Crippen LogP contribution in [0, 0.1) is 22.7 Å². The third-order valence-corrected chi connectivity index (χ3v) is 8.01. The Bertz CT molecular complexity index is 1460. The summed E-state index contributed by atoms with van der Waals surface area (Å²) in [6, 6.07) is 14.9. The standard InChI is InChI=1S/C31H33ClN6O4/c1-41-30(40)25-11-10-24(29(37-25)35-19-31(18-33)13-14-31)36-27(39)17-21-4-8-23(9-5-21)42-28-12-15-34-26(38-28)16-20-2-6-22(32)7-3-20/h2-3,6-7,10-12,15,21,23H,4-5,8-9,13-14,16-17,19H2,1H3,(H,35,37)(H,36,39). The molecule has 0 bridgehead atoms. The Morgan fingerprint density at radius 2 is 1.83 bits per heavy atom. The lowest BCUT2D eigenvalue weighted by atomic mass is 9.85. The Morgan fingerprint density at radius 1 is 1.07 bits per heavy atom. The minimum absolute atomic E-state index is 0.0309. The molecular weight excluding hydrogens is 556 g/mol. The van der Waals surface area contributed by atoms with Crippen molar-refractivity contribution < 1.29 is 19.1 Å². The van der Waals surface area contributed by atoms with E-state index in [0.717, 1.165) is 44.1 Å². The van der Waals surface area contributed by atoms with Crippen LogP contribution in [0.1, 0.15) is 66.8 Å². The number of hydrogen-bond acceptors (Lipinski definition) is 9. The van der Waals surface area contributed by atoms with Gasteiger partial charge in [-0.2, -0.15) is 10.2 Å². The van der Waals surface area contributed by atoms with Gasteiger partial charge in [0.25, 0.3) is 0 Å². The summed E-state index contributed by atoms with van der Waals surface area (Å²) in [6.45, 7) is 0.392. The average molecular weight is 589 g/mol. The van der Waals surface area contributed by atoms with E-state index in [4.69, 9.17) is 21.1 Å². The molecule has 218 valence electrons. The van der Waals surface area contributed by atoms with Gasteiger partial charge < -0.3 is 20.1 Å². The molecule has 0 saturated heterocycles. The van der Waals surface area contributed by atoms with Crippen molar-refractivity contribution in [1.29, 1.82) is 5.26 Å². The number of nitrogens with one attached hydrogen (secondary N) is 2. The molecule has 2 aliphatic rings. The molecule has 0 spiro atoms. The van der Waals surface area contributed by atoms with Crippen LogP contribution in [0.3, 0.4) is 0 Å². The SMILES string of the molecule is COC(=O)c1ccc(NC(=O)CC2CCC(Oc3ccnc(Cc4ccc(Cl)cc4)n3)CC2)c(NCC2(C#N)CC2)n1. The highest BCUT2D eigenvalue weighted by molar-refractivity contribution is 6.30. The van der Waals surface area contributed by atoms with Gasteiger partial charge in [-0.15, -0.1) is 0 Å². The van der Waals surface area contributed by atoms with Gasteiger partial charge in [0.05, 0.1) is 24.3 Å². The smallest absolute Gasteiger partial charge is 0.356 e. The van der Waals surface area contributed by atoms with Crippen LogP contribution in [0.5, 0.6) is 5.88 Å². The monoisotopic (exact) mass is 588 g/mol. The number of benzene rings is 1. The number of halogens is 1. The van der Waals surface area contributed by atoms with Crippen LogP contribution < -0.4 is 15.4 Å². The summed E-state index contributed by atoms with van der Waals surface area (Å²) in [6.07, 6.45) is 7.69. The van der Waals surface area contributed by atoms with Gasteiger partial charge in [0.15, 0.2) is 11.5 Å². The second-order valence-electron chi connectivity index (χ2n) is 11.0. The largest absolute Gasteiger partial charge is 0.474 e. The number of aromatic nitrogens is 3. The number of methoxy groups -OCH3 is 1. The maximum atomic E-state index is 13.0. The number of pyridine rings is 1. The van der Waals surface area contributed by atoms with Crippen molar-refractivity contribution in [3.8, 4) is 11.9 Å². The van der Waals surface area contributed by atoms with Gasteiger partial charge in [-0.25, -0.2) is 14.8 Å². The van der Waals surface area contributed by atoms with Crippen LogP contribution in [0.15, 0.2) is 48.7 Å². The minimum atomic E-state index is -0.573. The number of esters is 1. The summed E-state index contributed by atoms with van der Waals surface area (Å²) in [5.74, 6) is 1.12. The van der Waals surface area contributed by atoms with Gasteiger partial charge in [-0.05, 0) is 74.3 Å². The van der Waals surface area contributed by atoms with Crippen molar-refractivity contribution in [3.63, 3.8) is 0 Å². The molecule has 2 aliphatic carbocycles. The molecule has 0 aliphatic heterocycles. The second-order valence-corrected chi connectivity index (χ2v) is 11.4. The zero-order valence-electron chi connectivity index (χ0n) is 23.4. The minimum Gasteiger partial charge on any atom is -0.474 e. The van der Waals surface area contributed by atoms with Crippen LogP contribution in [0.2, 0.25) is 5.02 Å². The number of nitriles is 1. The normalized spacial score (nSPS) is 18.8. The number of amides is 1. The molecular formula is C31H33ClN6O4. The first-order chi connectivity index (χ1) is 20.3. The Hall–Kier alpha value is -4.23. The summed E-state index contributed by atoms with van der Waals surface area (Å²) < 4.78 is 11.0. The van der Waals surface area contributed by atoms with Gasteiger partial charge in [0.2, 0.25) is 11.8 Å². The lowest BCUT2D eigenvalue weighted by molar-refractivity contribution is -0.117. The number of carbonyl (C=O) groups is 2. The molecule has 0 atom stereocenters. The highest BCUT2D eigenvalue weighted by Gasteiger charge is 2.43. The Labute approximate surface area is 249 Å². The Kier molecular flexibility index (Phi) is 9.18. The van der Waals surface area contributed by atoms with E-state index in [-0.39, 0.29) is 23.6 Å². The highest BCUT2D eigenvalue weighted by Crippen LogP contribution is 2.45. The van der Waals surface area contributed by atoms with E-state index in [0.29, 0.717) is 47.6 Å². The van der Waals surface area contributed by atoms with Gasteiger partial charge in [-0.3, -0.25) is 4.79 Å². The van der Waals surface area contributed by atoms with Crippen LogP contribution in [0.4, 0.5) is 11.5 Å². The first-order valence-corrected chi connectivity index (χ1v) is 14.5. The van der Waals surface area contributed by atoms with E-state index in [9.17, 15) is 14.9 Å². The Balaban J connectivity index is 1.12. The molecule has 2 N–H and O–H groups in total. The number of hydrogen-bond donors (Lipinski definition) is 2. The van der Waals surface area contributed by atoms with Crippen LogP contribution in [0.25, 0.3) is 0 Å². The van der Waals surface area contributed by atoms with Crippen LogP contribution >= 0.6 is 11.6 Å². The molecule has 0 radical (unpaired) electrons. The molecule has 1 amide bonds. The van der Waals surface area contributed by atoms with Gasteiger partial charge in [-0.1, -0.05) is 23.7 Å². The fourth-order valence-electron chi connectivity index (χ4n) is 5.05. The molecule has 5 rings (SSSR count). The third kappa shape index (κ3) is 7.74. The number of ether oxygens (including phenoxy) is 2. The fourth-order valence-corrected chi connectivity index (χ4v) is 5.17. The predicted molar refractivity (Wildman–Crippen MR) is 157 cm³/mol. The quantitative estimate of drug-likeness (QED) is 0.274. The second kappa shape index (κ2) is 13.2. The molecule has 2 aromatic heterocycles. The lowest BCUT2D eigenvalue weighted by Crippen LogP contribution is -2.27. The molecule has 11 heteroatoms. The van der Waals surface area contributed by atoms with E-state index >= 15 is 0 Å². The number of anilines is 2. The van der Waals surface area contributed by atoms with Crippen molar-refractivity contribution in [1.82, 2.24) is 15.0 Å². The van der Waals surface area contributed by atoms with Crippen molar-refractivity contribution in [2.24, 2.45) is 11.3 Å². The summed E-state index contributed by atoms with van der Waals surface area (Å²) in [5.41, 5.74) is 1.24. The maximum absolute atomic E-state index is 13.0. The topological polar surface area (TPSA) is 139 Å². The molecule has 3 aromatic rings. The number of rotatable bonds is 11. The average Bonchev–Trinajstić information content (AvgIpc) is 3.79. The zero-order valence-corrected chi connectivity index (χ0v) is 24.2. The molecule has 2 fully saturated rings. The number of nitrogens with zero attached hydrogens (tertiary/aromatic N) is 4. The molecule has 1 aromatic carbocycles. The first-order valence-electron chi connectivity index (χ1n) is 14.1. The van der Waals surface area contributed by atoms with Crippen molar-refractivity contribution in [2.75, 3.05) is 24.3 Å². The van der Waals surface area contributed by atoms with E-state index < -0.39 is 11.4 Å². The summed E-state index contributed by atoms with van der Waals surface area (Å²) >= 11 is 5.98.